The fraction of sp³-hybridized carbons (Fsp3) is 0.500. The van der Waals surface area contributed by atoms with Crippen LogP contribution in [0.25, 0.3) is 10.9 Å². The summed E-state index contributed by atoms with van der Waals surface area (Å²) in [6.45, 7) is 6.09. The van der Waals surface area contributed by atoms with Crippen molar-refractivity contribution >= 4 is 23.1 Å². The Morgan fingerprint density at radius 2 is 1.78 bits per heavy atom. The molecule has 0 fully saturated rings. The number of hydrogen-bond acceptors (Lipinski definition) is 5. The maximum absolute atomic E-state index is 12.7. The first-order chi connectivity index (χ1) is 11.0. The second-order valence-corrected chi connectivity index (χ2v) is 5.79. The molecule has 0 saturated heterocycles. The summed E-state index contributed by atoms with van der Waals surface area (Å²) in [4.78, 5) is 17.9. The molecule has 2 aromatic rings. The van der Waals surface area contributed by atoms with Crippen LogP contribution >= 0.6 is 12.2 Å². The molecule has 1 heterocycles. The van der Waals surface area contributed by atoms with E-state index in [1.54, 1.807) is 16.7 Å². The van der Waals surface area contributed by atoms with Crippen LogP contribution in [0.5, 0.6) is 11.5 Å². The van der Waals surface area contributed by atoms with Gasteiger partial charge in [-0.3, -0.25) is 9.36 Å². The Hall–Kier alpha value is -1.86. The van der Waals surface area contributed by atoms with Crippen molar-refractivity contribution in [2.75, 3.05) is 33.9 Å². The Morgan fingerprint density at radius 3 is 2.35 bits per heavy atom. The van der Waals surface area contributed by atoms with Gasteiger partial charge in [-0.25, -0.2) is 0 Å². The molecule has 0 aliphatic rings. The third kappa shape index (κ3) is 3.92. The number of nitrogens with zero attached hydrogens (tertiary/aromatic N) is 2. The molecule has 0 unspecified atom stereocenters. The van der Waals surface area contributed by atoms with Crippen molar-refractivity contribution in [3.8, 4) is 11.5 Å². The minimum atomic E-state index is -0.116. The number of H-pyrrole nitrogens is 1. The minimum Gasteiger partial charge on any atom is -0.490 e. The van der Waals surface area contributed by atoms with E-state index in [1.165, 1.54) is 0 Å². The Labute approximate surface area is 140 Å². The molecule has 126 valence electrons. The van der Waals surface area contributed by atoms with Gasteiger partial charge in [0.25, 0.3) is 5.56 Å². The van der Waals surface area contributed by atoms with Gasteiger partial charge in [-0.1, -0.05) is 0 Å². The minimum absolute atomic E-state index is 0.116. The van der Waals surface area contributed by atoms with Crippen LogP contribution in [-0.4, -0.2) is 48.3 Å². The maximum Gasteiger partial charge on any atom is 0.262 e. The second kappa shape index (κ2) is 7.61. The van der Waals surface area contributed by atoms with Crippen LogP contribution in [0.2, 0.25) is 0 Å². The average Bonchev–Trinajstić information content (AvgIpc) is 2.48. The van der Waals surface area contributed by atoms with E-state index in [4.69, 9.17) is 21.7 Å². The van der Waals surface area contributed by atoms with Gasteiger partial charge >= 0.3 is 0 Å². The highest BCUT2D eigenvalue weighted by Crippen LogP contribution is 2.30. The fourth-order valence-corrected chi connectivity index (χ4v) is 2.58. The van der Waals surface area contributed by atoms with Crippen molar-refractivity contribution in [3.05, 3.63) is 27.3 Å². The van der Waals surface area contributed by atoms with Gasteiger partial charge in [0.15, 0.2) is 16.3 Å². The van der Waals surface area contributed by atoms with Gasteiger partial charge < -0.3 is 19.4 Å². The first kappa shape index (κ1) is 17.5. The standard InChI is InChI=1S/C16H23N3O3S/c1-5-21-13-9-11-12(10-14(13)22-6-2)17-16(23)19(15(11)20)8-7-18(3)4/h9-10H,5-8H2,1-4H3,(H,17,23). The topological polar surface area (TPSA) is 59.5 Å². The molecule has 0 aliphatic carbocycles. The predicted molar refractivity (Wildman–Crippen MR) is 94.3 cm³/mol. The monoisotopic (exact) mass is 337 g/mol. The molecule has 0 saturated carbocycles. The normalized spacial score (nSPS) is 11.2. The third-order valence-electron chi connectivity index (χ3n) is 3.42. The Bertz CT molecular complexity index is 795. The van der Waals surface area contributed by atoms with E-state index in [0.29, 0.717) is 46.9 Å². The van der Waals surface area contributed by atoms with Crippen LogP contribution in [0.4, 0.5) is 0 Å². The summed E-state index contributed by atoms with van der Waals surface area (Å²) in [6.07, 6.45) is 0. The summed E-state index contributed by atoms with van der Waals surface area (Å²) < 4.78 is 13.2. The molecule has 1 aromatic carbocycles. The summed E-state index contributed by atoms with van der Waals surface area (Å²) in [5.74, 6) is 1.18. The maximum atomic E-state index is 12.7. The molecular formula is C16H23N3O3S. The highest BCUT2D eigenvalue weighted by molar-refractivity contribution is 7.71. The molecule has 0 amide bonds. The van der Waals surface area contributed by atoms with E-state index in [-0.39, 0.29) is 5.56 Å². The number of fused-ring (bicyclic) bond motifs is 1. The summed E-state index contributed by atoms with van der Waals surface area (Å²) >= 11 is 5.33. The van der Waals surface area contributed by atoms with Crippen LogP contribution in [0.15, 0.2) is 16.9 Å². The largest absolute Gasteiger partial charge is 0.490 e. The van der Waals surface area contributed by atoms with Gasteiger partial charge in [-0.2, -0.15) is 0 Å². The molecule has 0 spiro atoms. The van der Waals surface area contributed by atoms with Gasteiger partial charge in [0.05, 0.1) is 24.1 Å². The van der Waals surface area contributed by atoms with E-state index in [9.17, 15) is 4.79 Å². The SMILES string of the molecule is CCOc1cc2[nH]c(=S)n(CCN(C)C)c(=O)c2cc1OCC. The number of likely N-dealkylation sites (N-methyl/N-ethyl adjacent to an activating group) is 1. The smallest absolute Gasteiger partial charge is 0.262 e. The zero-order valence-electron chi connectivity index (χ0n) is 14.0. The number of hydrogen-bond donors (Lipinski definition) is 1. The Balaban J connectivity index is 2.61. The van der Waals surface area contributed by atoms with E-state index in [0.717, 1.165) is 6.54 Å². The summed E-state index contributed by atoms with van der Waals surface area (Å²) in [5, 5.41) is 0.546. The van der Waals surface area contributed by atoms with Crippen molar-refractivity contribution in [3.63, 3.8) is 0 Å². The van der Waals surface area contributed by atoms with Crippen LogP contribution in [0.3, 0.4) is 0 Å². The number of aromatic amines is 1. The van der Waals surface area contributed by atoms with Gasteiger partial charge in [0.2, 0.25) is 0 Å². The zero-order valence-corrected chi connectivity index (χ0v) is 14.8. The van der Waals surface area contributed by atoms with Crippen LogP contribution in [0.1, 0.15) is 13.8 Å². The first-order valence-corrected chi connectivity index (χ1v) is 8.10. The van der Waals surface area contributed by atoms with Crippen LogP contribution < -0.4 is 15.0 Å². The lowest BCUT2D eigenvalue weighted by Crippen LogP contribution is -2.28. The number of aromatic nitrogens is 2. The zero-order chi connectivity index (χ0) is 17.0. The van der Waals surface area contributed by atoms with Crippen LogP contribution in [0, 0.1) is 4.77 Å². The first-order valence-electron chi connectivity index (χ1n) is 7.69. The summed E-state index contributed by atoms with van der Waals surface area (Å²) in [6, 6.07) is 3.50. The van der Waals surface area contributed by atoms with E-state index in [1.807, 2.05) is 32.8 Å². The summed E-state index contributed by atoms with van der Waals surface area (Å²) in [7, 11) is 3.92. The van der Waals surface area contributed by atoms with Crippen molar-refractivity contribution in [2.45, 2.75) is 20.4 Å². The highest BCUT2D eigenvalue weighted by Gasteiger charge is 2.12. The van der Waals surface area contributed by atoms with E-state index < -0.39 is 0 Å². The summed E-state index contributed by atoms with van der Waals surface area (Å²) in [5.41, 5.74) is 0.544. The molecule has 7 heteroatoms. The van der Waals surface area contributed by atoms with Crippen LogP contribution in [-0.2, 0) is 6.54 Å². The van der Waals surface area contributed by atoms with Gasteiger partial charge in [0.1, 0.15) is 0 Å². The number of nitrogens with one attached hydrogen (secondary N) is 1. The number of ether oxygens (including phenoxy) is 2. The molecule has 0 aliphatic heterocycles. The van der Waals surface area contributed by atoms with Crippen molar-refractivity contribution < 1.29 is 9.47 Å². The predicted octanol–water partition coefficient (Wildman–Crippen LogP) is 2.42. The average molecular weight is 337 g/mol. The third-order valence-corrected chi connectivity index (χ3v) is 3.74. The Morgan fingerprint density at radius 1 is 1.17 bits per heavy atom. The van der Waals surface area contributed by atoms with Crippen molar-refractivity contribution in [1.29, 1.82) is 0 Å². The van der Waals surface area contributed by atoms with E-state index in [2.05, 4.69) is 4.98 Å². The quantitative estimate of drug-likeness (QED) is 0.786. The molecule has 1 N–H and O–H groups in total. The lowest BCUT2D eigenvalue weighted by molar-refractivity contribution is 0.288. The number of benzene rings is 1. The molecular weight excluding hydrogens is 314 g/mol. The van der Waals surface area contributed by atoms with Gasteiger partial charge in [0, 0.05) is 19.2 Å². The lowest BCUT2D eigenvalue weighted by atomic mass is 10.2. The molecule has 23 heavy (non-hydrogen) atoms. The van der Waals surface area contributed by atoms with Crippen molar-refractivity contribution in [1.82, 2.24) is 14.5 Å². The molecule has 0 radical (unpaired) electrons. The van der Waals surface area contributed by atoms with Crippen molar-refractivity contribution in [2.24, 2.45) is 0 Å². The highest BCUT2D eigenvalue weighted by atomic mass is 32.1. The van der Waals surface area contributed by atoms with Gasteiger partial charge in [-0.15, -0.1) is 0 Å². The Kier molecular flexibility index (Phi) is 5.79. The molecule has 0 bridgehead atoms. The molecule has 1 aromatic heterocycles. The number of rotatable bonds is 7. The van der Waals surface area contributed by atoms with E-state index >= 15 is 0 Å². The lowest BCUT2D eigenvalue weighted by Gasteiger charge is -2.14. The molecule has 6 nitrogen and oxygen atoms in total. The fourth-order valence-electron chi connectivity index (χ4n) is 2.30. The molecule has 0 atom stereocenters. The van der Waals surface area contributed by atoms with Gasteiger partial charge in [-0.05, 0) is 46.2 Å². The second-order valence-electron chi connectivity index (χ2n) is 5.40. The molecule has 2 rings (SSSR count).